The van der Waals surface area contributed by atoms with Crippen LogP contribution < -0.4 is 9.05 Å². The lowest BCUT2D eigenvalue weighted by Crippen LogP contribution is -2.28. The lowest BCUT2D eigenvalue weighted by molar-refractivity contribution is 0.450. The van der Waals surface area contributed by atoms with Gasteiger partial charge in [-0.3, -0.25) is 0 Å². The van der Waals surface area contributed by atoms with Crippen LogP contribution in [0.4, 0.5) is 0 Å². The lowest BCUT2D eigenvalue weighted by atomic mass is 10.2. The van der Waals surface area contributed by atoms with Crippen LogP contribution in [0.3, 0.4) is 0 Å². The summed E-state index contributed by atoms with van der Waals surface area (Å²) in [5.41, 5.74) is 2.14. The van der Waals surface area contributed by atoms with Gasteiger partial charge in [-0.25, -0.2) is 18.7 Å². The molecule has 0 amide bonds. The zero-order chi connectivity index (χ0) is 27.0. The number of hydrogen-bond donors (Lipinski definition) is 0. The SMILES string of the molecule is ClP12=NP34=NP(Cl)(=NP(N5CCCC5)(N5CCCC5)=N1)Oc1ccccc1CN3CCN4Cc1ccccc1O2. The zero-order valence-electron chi connectivity index (χ0n) is 22.0. The molecule has 0 N–H and O–H groups in total. The van der Waals surface area contributed by atoms with Crippen LogP contribution in [0.5, 0.6) is 11.5 Å². The number of fused-ring (bicyclic) bond motifs is 3. The minimum absolute atomic E-state index is 0.640. The molecule has 6 aliphatic rings. The van der Waals surface area contributed by atoms with Gasteiger partial charge in [0.2, 0.25) is 15.0 Å². The average molecular weight is 659 g/mol. The van der Waals surface area contributed by atoms with Gasteiger partial charge in [-0.1, -0.05) is 36.4 Å². The van der Waals surface area contributed by atoms with Gasteiger partial charge in [0.05, 0.1) is 0 Å². The smallest absolute Gasteiger partial charge is 0.351 e. The van der Waals surface area contributed by atoms with Gasteiger partial charge in [0.1, 0.15) is 11.5 Å². The number of halogens is 2. The van der Waals surface area contributed by atoms with Gasteiger partial charge in [0.25, 0.3) is 0 Å². The molecular weight excluding hydrogens is 627 g/mol. The second kappa shape index (κ2) is 9.96. The summed E-state index contributed by atoms with van der Waals surface area (Å²) >= 11 is 15.4. The Hall–Kier alpha value is -0.620. The van der Waals surface area contributed by atoms with Crippen LogP contribution in [-0.4, -0.2) is 58.0 Å². The van der Waals surface area contributed by atoms with Crippen molar-refractivity contribution in [2.45, 2.75) is 38.8 Å². The number of hydrogen-bond acceptors (Lipinski definition) is 10. The molecule has 40 heavy (non-hydrogen) atoms. The monoisotopic (exact) mass is 658 g/mol. The van der Waals surface area contributed by atoms with E-state index in [1.807, 2.05) is 36.4 Å². The van der Waals surface area contributed by atoms with Gasteiger partial charge in [0.15, 0.2) is 0 Å². The Kier molecular flexibility index (Phi) is 6.71. The molecule has 3 bridgehead atoms. The van der Waals surface area contributed by atoms with Crippen LogP contribution >= 0.6 is 51.1 Å². The van der Waals surface area contributed by atoms with Gasteiger partial charge in [0, 0.05) is 63.5 Å². The third-order valence-corrected chi connectivity index (χ3v) is 23.9. The quantitative estimate of drug-likeness (QED) is 0.299. The Morgan fingerprint density at radius 3 is 1.38 bits per heavy atom. The fourth-order valence-corrected chi connectivity index (χ4v) is 25.5. The molecule has 3 atom stereocenters. The van der Waals surface area contributed by atoms with Gasteiger partial charge in [-0.05, 0) is 60.3 Å². The maximum atomic E-state index is 7.68. The van der Waals surface area contributed by atoms with Gasteiger partial charge in [-0.15, -0.1) is 0 Å². The van der Waals surface area contributed by atoms with Crippen LogP contribution in [0.1, 0.15) is 36.8 Å². The van der Waals surface area contributed by atoms with Crippen molar-refractivity contribution in [3.8, 4) is 11.5 Å². The largest absolute Gasteiger partial charge is 0.430 e. The Bertz CT molecular complexity index is 1560. The summed E-state index contributed by atoms with van der Waals surface area (Å²) < 4.78 is 45.4. The number of nitrogens with zero attached hydrogens (tertiary/aromatic N) is 8. The molecule has 3 unspecified atom stereocenters. The predicted molar refractivity (Wildman–Crippen MR) is 166 cm³/mol. The molecule has 2 aromatic rings. The summed E-state index contributed by atoms with van der Waals surface area (Å²) in [6, 6.07) is 16.3. The third-order valence-electron chi connectivity index (χ3n) is 8.30. The van der Waals surface area contributed by atoms with E-state index < -0.39 is 28.6 Å². The maximum absolute atomic E-state index is 7.68. The second-order valence-electron chi connectivity index (χ2n) is 10.9. The van der Waals surface area contributed by atoms with Crippen LogP contribution in [0.2, 0.25) is 0 Å². The summed E-state index contributed by atoms with van der Waals surface area (Å²) in [5.74, 6) is 1.49. The molecule has 2 aromatic carbocycles. The fourth-order valence-electron chi connectivity index (χ4n) is 6.42. The van der Waals surface area contributed by atoms with E-state index in [1.54, 1.807) is 0 Å². The van der Waals surface area contributed by atoms with E-state index in [9.17, 15) is 0 Å². The molecule has 0 aromatic heterocycles. The molecule has 3 saturated heterocycles. The molecule has 6 aliphatic heterocycles. The summed E-state index contributed by atoms with van der Waals surface area (Å²) in [5, 5.41) is 0. The second-order valence-corrected chi connectivity index (χ2v) is 23.0. The standard InChI is InChI=1S/C24H32Cl2N8O2P4/c25-37-27-39(31-13-5-6-14-31,32-15-7-8-16-32)28-38(26)30-40(29-37)33(19-21-9-1-3-11-23(21)35-37)17-18-34(40)20-22-10-2-4-12-24(22)36-38/h1-4,9-12H,5-8,13-20H2. The van der Waals surface area contributed by atoms with Crippen molar-refractivity contribution in [1.82, 2.24) is 18.7 Å². The van der Waals surface area contributed by atoms with E-state index in [1.165, 1.54) is 0 Å². The summed E-state index contributed by atoms with van der Waals surface area (Å²) in [4.78, 5) is 0. The highest BCUT2D eigenvalue weighted by atomic mass is 35.7. The van der Waals surface area contributed by atoms with E-state index in [2.05, 4.69) is 30.8 Å². The molecule has 0 radical (unpaired) electrons. The molecule has 0 aliphatic carbocycles. The molecule has 16 heteroatoms. The summed E-state index contributed by atoms with van der Waals surface area (Å²) in [7, 11) is -5.68. The van der Waals surface area contributed by atoms with Crippen molar-refractivity contribution in [3.63, 3.8) is 0 Å². The Balaban J connectivity index is 1.48. The molecule has 8 rings (SSSR count). The van der Waals surface area contributed by atoms with Crippen LogP contribution in [0, 0.1) is 0 Å². The highest BCUT2D eigenvalue weighted by Crippen LogP contribution is 2.85. The Labute approximate surface area is 245 Å². The molecule has 3 fully saturated rings. The van der Waals surface area contributed by atoms with Crippen molar-refractivity contribution in [1.29, 1.82) is 0 Å². The first-order chi connectivity index (χ1) is 19.4. The Morgan fingerprint density at radius 1 is 0.525 bits per heavy atom. The van der Waals surface area contributed by atoms with E-state index in [4.69, 9.17) is 49.6 Å². The normalized spacial score (nSPS) is 35.4. The lowest BCUT2D eigenvalue weighted by Gasteiger charge is -2.43. The highest BCUT2D eigenvalue weighted by molar-refractivity contribution is 7.98. The molecule has 0 saturated carbocycles. The average Bonchev–Trinajstić information content (AvgIpc) is 3.68. The van der Waals surface area contributed by atoms with E-state index in [-0.39, 0.29) is 0 Å². The topological polar surface area (TPSA) is 80.9 Å². The van der Waals surface area contributed by atoms with Gasteiger partial charge >= 0.3 is 13.6 Å². The van der Waals surface area contributed by atoms with Crippen LogP contribution in [0.15, 0.2) is 66.6 Å². The van der Waals surface area contributed by atoms with Crippen LogP contribution in [-0.2, 0) is 13.1 Å². The molecule has 1 spiro atoms. The first-order valence-corrected chi connectivity index (χ1v) is 22.1. The molecular formula is C24H32Cl2N8O2P4. The van der Waals surface area contributed by atoms with Crippen molar-refractivity contribution in [2.24, 2.45) is 18.1 Å². The molecule has 10 nitrogen and oxygen atoms in total. The van der Waals surface area contributed by atoms with E-state index in [0.717, 1.165) is 87.6 Å². The van der Waals surface area contributed by atoms with Gasteiger partial charge < -0.3 is 9.05 Å². The first kappa shape index (κ1) is 27.0. The number of para-hydroxylation sites is 2. The summed E-state index contributed by atoms with van der Waals surface area (Å²) in [6.07, 6.45) is 4.34. The van der Waals surface area contributed by atoms with Gasteiger partial charge in [-0.2, -0.15) is 18.1 Å². The van der Waals surface area contributed by atoms with Crippen molar-refractivity contribution in [3.05, 3.63) is 59.7 Å². The minimum Gasteiger partial charge on any atom is -0.430 e. The molecule has 6 heterocycles. The first-order valence-electron chi connectivity index (χ1n) is 13.9. The van der Waals surface area contributed by atoms with E-state index in [0.29, 0.717) is 13.1 Å². The maximum Gasteiger partial charge on any atom is 0.351 e. The molecule has 214 valence electrons. The van der Waals surface area contributed by atoms with Crippen molar-refractivity contribution < 1.29 is 9.05 Å². The highest BCUT2D eigenvalue weighted by Gasteiger charge is 2.52. The minimum atomic E-state index is -3.30. The zero-order valence-corrected chi connectivity index (χ0v) is 27.1. The summed E-state index contributed by atoms with van der Waals surface area (Å²) in [6.45, 7) is -0.189. The fraction of sp³-hybridized carbons (Fsp3) is 0.500. The van der Waals surface area contributed by atoms with E-state index >= 15 is 0 Å². The number of benzene rings is 2. The third kappa shape index (κ3) is 4.37. The van der Waals surface area contributed by atoms with Crippen molar-refractivity contribution in [2.75, 3.05) is 39.3 Å². The van der Waals surface area contributed by atoms with Crippen LogP contribution in [0.25, 0.3) is 0 Å². The van der Waals surface area contributed by atoms with Crippen molar-refractivity contribution >= 4 is 51.1 Å². The Morgan fingerprint density at radius 2 is 0.925 bits per heavy atom. The predicted octanol–water partition coefficient (Wildman–Crippen LogP) is 9.26. The number of rotatable bonds is 2.